The first kappa shape index (κ1) is 15.6. The molecule has 124 valence electrons. The average molecular weight is 318 g/mol. The number of carbonyl (C=O) groups excluding carboxylic acids is 2. The summed E-state index contributed by atoms with van der Waals surface area (Å²) in [5, 5.41) is 2.99. The van der Waals surface area contributed by atoms with E-state index >= 15 is 0 Å². The second-order valence-corrected chi connectivity index (χ2v) is 6.19. The Morgan fingerprint density at radius 3 is 2.74 bits per heavy atom. The van der Waals surface area contributed by atoms with Gasteiger partial charge >= 0.3 is 0 Å². The molecule has 6 nitrogen and oxygen atoms in total. The van der Waals surface area contributed by atoms with Crippen molar-refractivity contribution in [2.24, 2.45) is 11.7 Å². The summed E-state index contributed by atoms with van der Waals surface area (Å²) in [5.74, 6) is 0.699. The molecule has 1 aromatic rings. The molecule has 1 aromatic carbocycles. The number of carbonyl (C=O) groups is 2. The van der Waals surface area contributed by atoms with Crippen molar-refractivity contribution in [1.82, 2.24) is 5.32 Å². The molecule has 0 radical (unpaired) electrons. The molecule has 1 fully saturated rings. The summed E-state index contributed by atoms with van der Waals surface area (Å²) in [4.78, 5) is 24.0. The number of rotatable bonds is 5. The molecule has 2 amide bonds. The number of nitrogens with two attached hydrogens (primary N) is 1. The molecule has 1 unspecified atom stereocenters. The van der Waals surface area contributed by atoms with Gasteiger partial charge in [-0.3, -0.25) is 9.59 Å². The highest BCUT2D eigenvalue weighted by Gasteiger charge is 2.29. The van der Waals surface area contributed by atoms with Crippen molar-refractivity contribution in [3.8, 4) is 11.5 Å². The van der Waals surface area contributed by atoms with Crippen LogP contribution < -0.4 is 20.5 Å². The molecule has 0 aromatic heterocycles. The summed E-state index contributed by atoms with van der Waals surface area (Å²) in [5.41, 5.74) is 5.81. The second kappa shape index (κ2) is 6.89. The lowest BCUT2D eigenvalue weighted by Gasteiger charge is -2.30. The molecule has 0 saturated heterocycles. The number of amides is 2. The van der Waals surface area contributed by atoms with Gasteiger partial charge in [-0.05, 0) is 30.9 Å². The van der Waals surface area contributed by atoms with Crippen molar-refractivity contribution in [2.75, 3.05) is 6.79 Å². The van der Waals surface area contributed by atoms with E-state index < -0.39 is 5.91 Å². The predicted octanol–water partition coefficient (Wildman–Crippen LogP) is 1.97. The Labute approximate surface area is 135 Å². The van der Waals surface area contributed by atoms with Gasteiger partial charge in [-0.1, -0.05) is 25.3 Å². The molecule has 1 aliphatic heterocycles. The quantitative estimate of drug-likeness (QED) is 0.868. The number of para-hydroxylation sites is 1. The van der Waals surface area contributed by atoms with Crippen molar-refractivity contribution in [3.05, 3.63) is 23.8 Å². The molecule has 1 aliphatic carbocycles. The van der Waals surface area contributed by atoms with Crippen molar-refractivity contribution >= 4 is 11.8 Å². The Hall–Kier alpha value is -2.24. The summed E-state index contributed by atoms with van der Waals surface area (Å²) in [6.45, 7) is 0.118. The van der Waals surface area contributed by atoms with Gasteiger partial charge < -0.3 is 20.5 Å². The van der Waals surface area contributed by atoms with Crippen LogP contribution in [0.1, 0.15) is 48.9 Å². The van der Waals surface area contributed by atoms with Gasteiger partial charge in [0.2, 0.25) is 12.7 Å². The van der Waals surface area contributed by atoms with E-state index in [0.717, 1.165) is 25.7 Å². The van der Waals surface area contributed by atoms with Crippen molar-refractivity contribution in [3.63, 3.8) is 0 Å². The zero-order valence-electron chi connectivity index (χ0n) is 13.0. The van der Waals surface area contributed by atoms with Gasteiger partial charge in [-0.25, -0.2) is 0 Å². The molecule has 1 heterocycles. The maximum Gasteiger partial charge on any atom is 0.255 e. The minimum Gasteiger partial charge on any atom is -0.454 e. The van der Waals surface area contributed by atoms with Crippen molar-refractivity contribution in [2.45, 2.75) is 44.6 Å². The molecule has 3 N–H and O–H groups in total. The van der Waals surface area contributed by atoms with Gasteiger partial charge in [-0.2, -0.15) is 0 Å². The lowest BCUT2D eigenvalue weighted by atomic mass is 9.82. The van der Waals surface area contributed by atoms with Crippen LogP contribution in [0.25, 0.3) is 0 Å². The summed E-state index contributed by atoms with van der Waals surface area (Å²) < 4.78 is 10.7. The third kappa shape index (κ3) is 3.57. The first-order valence-electron chi connectivity index (χ1n) is 8.13. The fourth-order valence-electron chi connectivity index (χ4n) is 3.44. The Balaban J connectivity index is 1.75. The van der Waals surface area contributed by atoms with E-state index in [9.17, 15) is 9.59 Å². The topological polar surface area (TPSA) is 90.7 Å². The molecule has 1 atom stereocenters. The zero-order chi connectivity index (χ0) is 16.2. The van der Waals surface area contributed by atoms with Crippen LogP contribution in [0.3, 0.4) is 0 Å². The third-order valence-electron chi connectivity index (χ3n) is 4.60. The highest BCUT2D eigenvalue weighted by Crippen LogP contribution is 2.35. The van der Waals surface area contributed by atoms with Crippen LogP contribution in [-0.4, -0.2) is 24.6 Å². The third-order valence-corrected chi connectivity index (χ3v) is 4.60. The fraction of sp³-hybridized carbons (Fsp3) is 0.529. The summed E-state index contributed by atoms with van der Waals surface area (Å²) in [6.07, 6.45) is 5.68. The minimum atomic E-state index is -0.390. The van der Waals surface area contributed by atoms with Gasteiger partial charge in [0.1, 0.15) is 0 Å². The molecular weight excluding hydrogens is 296 g/mol. The van der Waals surface area contributed by atoms with E-state index in [0.29, 0.717) is 23.0 Å². The normalized spacial score (nSPS) is 18.4. The molecular formula is C17H22N2O4. The van der Waals surface area contributed by atoms with Crippen molar-refractivity contribution in [1.29, 1.82) is 0 Å². The Morgan fingerprint density at radius 1 is 1.22 bits per heavy atom. The lowest BCUT2D eigenvalue weighted by Crippen LogP contribution is -2.43. The average Bonchev–Trinajstić information content (AvgIpc) is 3.03. The molecule has 0 spiro atoms. The number of primary amides is 1. The predicted molar refractivity (Wildman–Crippen MR) is 84.2 cm³/mol. The van der Waals surface area contributed by atoms with Crippen LogP contribution in [0, 0.1) is 5.92 Å². The number of hydrogen-bond donors (Lipinski definition) is 2. The van der Waals surface area contributed by atoms with Gasteiger partial charge in [0.25, 0.3) is 5.91 Å². The first-order chi connectivity index (χ1) is 11.1. The number of ether oxygens (including phenoxy) is 2. The van der Waals surface area contributed by atoms with E-state index in [1.807, 2.05) is 0 Å². The van der Waals surface area contributed by atoms with Gasteiger partial charge in [0.05, 0.1) is 5.56 Å². The number of benzene rings is 1. The van der Waals surface area contributed by atoms with Gasteiger partial charge in [-0.15, -0.1) is 0 Å². The summed E-state index contributed by atoms with van der Waals surface area (Å²) in [7, 11) is 0. The molecule has 2 aliphatic rings. The Bertz CT molecular complexity index is 596. The Morgan fingerprint density at radius 2 is 2.00 bits per heavy atom. The number of hydrogen-bond acceptors (Lipinski definition) is 4. The zero-order valence-corrected chi connectivity index (χ0v) is 13.0. The van der Waals surface area contributed by atoms with Crippen LogP contribution in [-0.2, 0) is 4.79 Å². The first-order valence-corrected chi connectivity index (χ1v) is 8.13. The fourth-order valence-corrected chi connectivity index (χ4v) is 3.44. The summed E-state index contributed by atoms with van der Waals surface area (Å²) in [6, 6.07) is 5.00. The van der Waals surface area contributed by atoms with Crippen LogP contribution in [0.2, 0.25) is 0 Å². The Kier molecular flexibility index (Phi) is 4.69. The highest BCUT2D eigenvalue weighted by molar-refractivity contribution is 5.98. The smallest absolute Gasteiger partial charge is 0.255 e. The number of fused-ring (bicyclic) bond motifs is 1. The van der Waals surface area contributed by atoms with E-state index in [1.54, 1.807) is 18.2 Å². The SMILES string of the molecule is NC(=O)CC(NC(=O)c1cccc2c1OCO2)C1CCCCC1. The molecule has 0 bridgehead atoms. The van der Waals surface area contributed by atoms with Crippen LogP contribution in [0.15, 0.2) is 18.2 Å². The summed E-state index contributed by atoms with van der Waals surface area (Å²) >= 11 is 0. The molecule has 6 heteroatoms. The van der Waals surface area contributed by atoms with E-state index in [2.05, 4.69) is 5.32 Å². The van der Waals surface area contributed by atoms with E-state index in [-0.39, 0.29) is 25.2 Å². The van der Waals surface area contributed by atoms with Gasteiger partial charge in [0, 0.05) is 12.5 Å². The lowest BCUT2D eigenvalue weighted by molar-refractivity contribution is -0.118. The van der Waals surface area contributed by atoms with Crippen LogP contribution in [0.4, 0.5) is 0 Å². The second-order valence-electron chi connectivity index (χ2n) is 6.19. The molecule has 23 heavy (non-hydrogen) atoms. The largest absolute Gasteiger partial charge is 0.454 e. The van der Waals surface area contributed by atoms with Crippen LogP contribution >= 0.6 is 0 Å². The number of nitrogens with one attached hydrogen (secondary N) is 1. The van der Waals surface area contributed by atoms with E-state index in [1.165, 1.54) is 6.42 Å². The molecule has 3 rings (SSSR count). The minimum absolute atomic E-state index is 0.118. The maximum atomic E-state index is 12.6. The maximum absolute atomic E-state index is 12.6. The van der Waals surface area contributed by atoms with Crippen LogP contribution in [0.5, 0.6) is 11.5 Å². The monoisotopic (exact) mass is 318 g/mol. The van der Waals surface area contributed by atoms with Crippen molar-refractivity contribution < 1.29 is 19.1 Å². The standard InChI is InChI=1S/C17H22N2O4/c18-15(20)9-13(11-5-2-1-3-6-11)19-17(21)12-7-4-8-14-16(12)23-10-22-14/h4,7-8,11,13H,1-3,5-6,9-10H2,(H2,18,20)(H,19,21). The highest BCUT2D eigenvalue weighted by atomic mass is 16.7. The molecule has 1 saturated carbocycles. The van der Waals surface area contributed by atoms with E-state index in [4.69, 9.17) is 15.2 Å². The van der Waals surface area contributed by atoms with Gasteiger partial charge in [0.15, 0.2) is 11.5 Å².